The van der Waals surface area contributed by atoms with Crippen molar-refractivity contribution in [2.45, 2.75) is 20.0 Å². The molecule has 2 aromatic heterocycles. The van der Waals surface area contributed by atoms with Gasteiger partial charge < -0.3 is 9.73 Å². The number of rotatable bonds is 5. The summed E-state index contributed by atoms with van der Waals surface area (Å²) < 4.78 is 9.07. The van der Waals surface area contributed by atoms with Crippen LogP contribution in [0.4, 0.5) is 0 Å². The van der Waals surface area contributed by atoms with Gasteiger partial charge in [-0.25, -0.2) is 0 Å². The van der Waals surface area contributed by atoms with Gasteiger partial charge in [0, 0.05) is 17.1 Å². The minimum absolute atomic E-state index is 0.737. The third-order valence-corrected chi connectivity index (χ3v) is 3.80. The van der Waals surface area contributed by atoms with Crippen molar-refractivity contribution in [3.63, 3.8) is 0 Å². The molecular formula is C15H16IN3O. The molecule has 0 unspecified atom stereocenters. The van der Waals surface area contributed by atoms with Crippen LogP contribution >= 0.6 is 22.6 Å². The molecule has 20 heavy (non-hydrogen) atoms. The first-order valence-corrected chi connectivity index (χ1v) is 7.73. The molecule has 3 aromatic rings. The van der Waals surface area contributed by atoms with Gasteiger partial charge in [0.25, 0.3) is 0 Å². The fourth-order valence-corrected chi connectivity index (χ4v) is 2.74. The van der Waals surface area contributed by atoms with Gasteiger partial charge in [0.1, 0.15) is 11.3 Å². The van der Waals surface area contributed by atoms with Crippen molar-refractivity contribution in [2.24, 2.45) is 0 Å². The molecule has 1 N–H and O–H groups in total. The van der Waals surface area contributed by atoms with E-state index in [1.165, 1.54) is 10.9 Å². The first kappa shape index (κ1) is 13.6. The minimum atomic E-state index is 0.737. The van der Waals surface area contributed by atoms with Gasteiger partial charge in [-0.3, -0.25) is 4.68 Å². The number of hydrogen-bond acceptors (Lipinski definition) is 3. The number of benzene rings is 1. The highest BCUT2D eigenvalue weighted by molar-refractivity contribution is 14.1. The lowest BCUT2D eigenvalue weighted by molar-refractivity contribution is 0.508. The Hall–Kier alpha value is -1.34. The molecule has 1 aromatic carbocycles. The Morgan fingerprint density at radius 1 is 1.35 bits per heavy atom. The number of halogens is 1. The fourth-order valence-electron chi connectivity index (χ4n) is 2.29. The zero-order chi connectivity index (χ0) is 13.9. The van der Waals surface area contributed by atoms with Gasteiger partial charge in [0.15, 0.2) is 0 Å². The van der Waals surface area contributed by atoms with E-state index in [-0.39, 0.29) is 0 Å². The summed E-state index contributed by atoms with van der Waals surface area (Å²) in [5, 5.41) is 8.87. The number of nitrogens with one attached hydrogen (secondary N) is 1. The maximum Gasteiger partial charge on any atom is 0.134 e. The SMILES string of the molecule is CCNCc1oc2ccccc2c1Cn1cc(I)cn1. The van der Waals surface area contributed by atoms with Crippen molar-refractivity contribution >= 4 is 33.6 Å². The zero-order valence-electron chi connectivity index (χ0n) is 11.3. The third-order valence-electron chi connectivity index (χ3n) is 3.24. The van der Waals surface area contributed by atoms with E-state index < -0.39 is 0 Å². The molecule has 0 fully saturated rings. The molecule has 0 aliphatic rings. The topological polar surface area (TPSA) is 43.0 Å². The van der Waals surface area contributed by atoms with Gasteiger partial charge in [-0.2, -0.15) is 5.10 Å². The Labute approximate surface area is 131 Å². The lowest BCUT2D eigenvalue weighted by Crippen LogP contribution is -2.13. The highest BCUT2D eigenvalue weighted by atomic mass is 127. The van der Waals surface area contributed by atoms with Gasteiger partial charge in [-0.15, -0.1) is 0 Å². The monoisotopic (exact) mass is 381 g/mol. The van der Waals surface area contributed by atoms with Gasteiger partial charge >= 0.3 is 0 Å². The van der Waals surface area contributed by atoms with Crippen molar-refractivity contribution in [2.75, 3.05) is 6.54 Å². The van der Waals surface area contributed by atoms with Crippen LogP contribution in [0.25, 0.3) is 11.0 Å². The average Bonchev–Trinajstić information content (AvgIpc) is 3.02. The van der Waals surface area contributed by atoms with E-state index in [0.29, 0.717) is 0 Å². The maximum atomic E-state index is 5.97. The van der Waals surface area contributed by atoms with E-state index in [0.717, 1.165) is 34.5 Å². The van der Waals surface area contributed by atoms with Crippen LogP contribution in [0.5, 0.6) is 0 Å². The molecule has 0 aliphatic heterocycles. The molecule has 2 heterocycles. The zero-order valence-corrected chi connectivity index (χ0v) is 13.4. The highest BCUT2D eigenvalue weighted by Gasteiger charge is 2.14. The molecule has 0 atom stereocenters. The average molecular weight is 381 g/mol. The molecule has 4 nitrogen and oxygen atoms in total. The number of furan rings is 1. The standard InChI is InChI=1S/C15H16IN3O/c1-2-17-8-15-13(10-19-9-11(16)7-18-19)12-5-3-4-6-14(12)20-15/h3-7,9,17H,2,8,10H2,1H3. The number of hydrogen-bond donors (Lipinski definition) is 1. The van der Waals surface area contributed by atoms with Crippen LogP contribution in [0.15, 0.2) is 41.1 Å². The Morgan fingerprint density at radius 3 is 2.95 bits per heavy atom. The van der Waals surface area contributed by atoms with Crippen molar-refractivity contribution in [3.05, 3.63) is 51.6 Å². The lowest BCUT2D eigenvalue weighted by Gasteiger charge is -2.04. The summed E-state index contributed by atoms with van der Waals surface area (Å²) in [6.07, 6.45) is 3.91. The molecule has 3 rings (SSSR count). The van der Waals surface area contributed by atoms with Gasteiger partial charge in [-0.05, 0) is 35.2 Å². The van der Waals surface area contributed by atoms with E-state index in [9.17, 15) is 0 Å². The normalized spacial score (nSPS) is 11.3. The number of para-hydroxylation sites is 1. The first-order valence-electron chi connectivity index (χ1n) is 6.66. The second kappa shape index (κ2) is 5.97. The maximum absolute atomic E-state index is 5.97. The molecule has 5 heteroatoms. The van der Waals surface area contributed by atoms with Crippen LogP contribution in [0, 0.1) is 3.57 Å². The van der Waals surface area contributed by atoms with Crippen LogP contribution < -0.4 is 5.32 Å². The van der Waals surface area contributed by atoms with E-state index >= 15 is 0 Å². The molecule has 0 bridgehead atoms. The minimum Gasteiger partial charge on any atom is -0.459 e. The summed E-state index contributed by atoms with van der Waals surface area (Å²) in [5.41, 5.74) is 2.15. The molecule has 0 saturated carbocycles. The Kier molecular flexibility index (Phi) is 4.07. The van der Waals surface area contributed by atoms with E-state index in [4.69, 9.17) is 4.42 Å². The number of nitrogens with zero attached hydrogens (tertiary/aromatic N) is 2. The Balaban J connectivity index is 2.01. The second-order valence-corrected chi connectivity index (χ2v) is 5.88. The van der Waals surface area contributed by atoms with Gasteiger partial charge in [-0.1, -0.05) is 25.1 Å². The summed E-state index contributed by atoms with van der Waals surface area (Å²) in [4.78, 5) is 0. The molecule has 0 amide bonds. The predicted molar refractivity (Wildman–Crippen MR) is 87.6 cm³/mol. The quantitative estimate of drug-likeness (QED) is 0.689. The summed E-state index contributed by atoms with van der Waals surface area (Å²) >= 11 is 2.27. The van der Waals surface area contributed by atoms with Crippen LogP contribution in [-0.4, -0.2) is 16.3 Å². The van der Waals surface area contributed by atoms with Crippen LogP contribution in [0.3, 0.4) is 0 Å². The number of aromatic nitrogens is 2. The van der Waals surface area contributed by atoms with Crippen LogP contribution in [0.1, 0.15) is 18.2 Å². The molecule has 0 spiro atoms. The molecule has 0 aliphatic carbocycles. The van der Waals surface area contributed by atoms with Gasteiger partial charge in [0.2, 0.25) is 0 Å². The smallest absolute Gasteiger partial charge is 0.134 e. The predicted octanol–water partition coefficient (Wildman–Crippen LogP) is 3.39. The second-order valence-electron chi connectivity index (χ2n) is 4.64. The van der Waals surface area contributed by atoms with Crippen molar-refractivity contribution < 1.29 is 4.42 Å². The van der Waals surface area contributed by atoms with Gasteiger partial charge in [0.05, 0.1) is 22.9 Å². The molecule has 104 valence electrons. The first-order chi connectivity index (χ1) is 9.78. The molecule has 0 radical (unpaired) electrons. The van der Waals surface area contributed by atoms with Crippen LogP contribution in [0.2, 0.25) is 0 Å². The van der Waals surface area contributed by atoms with E-state index in [1.54, 1.807) is 0 Å². The molecule has 0 saturated heterocycles. The van der Waals surface area contributed by atoms with E-state index in [1.807, 2.05) is 35.3 Å². The van der Waals surface area contributed by atoms with Crippen molar-refractivity contribution in [1.82, 2.24) is 15.1 Å². The van der Waals surface area contributed by atoms with E-state index in [2.05, 4.69) is 46.0 Å². The lowest BCUT2D eigenvalue weighted by atomic mass is 10.1. The van der Waals surface area contributed by atoms with Crippen molar-refractivity contribution in [1.29, 1.82) is 0 Å². The van der Waals surface area contributed by atoms with Crippen molar-refractivity contribution in [3.8, 4) is 0 Å². The highest BCUT2D eigenvalue weighted by Crippen LogP contribution is 2.26. The summed E-state index contributed by atoms with van der Waals surface area (Å²) in [6.45, 7) is 4.51. The summed E-state index contributed by atoms with van der Waals surface area (Å²) in [6, 6.07) is 8.17. The van der Waals surface area contributed by atoms with Crippen LogP contribution in [-0.2, 0) is 13.1 Å². The Bertz CT molecular complexity index is 717. The fraction of sp³-hybridized carbons (Fsp3) is 0.267. The molecular weight excluding hydrogens is 365 g/mol. The summed E-state index contributed by atoms with van der Waals surface area (Å²) in [5.74, 6) is 0.999. The summed E-state index contributed by atoms with van der Waals surface area (Å²) in [7, 11) is 0. The Morgan fingerprint density at radius 2 is 2.20 bits per heavy atom. The third kappa shape index (κ3) is 2.73. The largest absolute Gasteiger partial charge is 0.459 e. The number of fused-ring (bicyclic) bond motifs is 1.